The van der Waals surface area contributed by atoms with E-state index in [0.717, 1.165) is 44.6 Å². The number of carbonyl (C=O) groups excluding carboxylic acids is 1. The zero-order valence-electron chi connectivity index (χ0n) is 14.4. The lowest BCUT2D eigenvalue weighted by atomic mass is 9.91. The van der Waals surface area contributed by atoms with Crippen LogP contribution >= 0.6 is 0 Å². The van der Waals surface area contributed by atoms with Gasteiger partial charge in [-0.05, 0) is 36.7 Å². The molecule has 1 aliphatic heterocycles. The molecule has 0 bridgehead atoms. The number of hydrogen-bond donors (Lipinski definition) is 1. The number of likely N-dealkylation sites (tertiary alicyclic amines) is 1. The fraction of sp³-hybridized carbons (Fsp3) is 0.500. The molecule has 1 fully saturated rings. The number of H-pyrrole nitrogens is 1. The smallest absolute Gasteiger partial charge is 0.223 e. The Hall–Kier alpha value is -2.10. The van der Waals surface area contributed by atoms with Crippen LogP contribution < -0.4 is 0 Å². The molecule has 0 spiro atoms. The van der Waals surface area contributed by atoms with Crippen LogP contribution in [-0.4, -0.2) is 33.9 Å². The van der Waals surface area contributed by atoms with E-state index in [0.29, 0.717) is 18.2 Å². The van der Waals surface area contributed by atoms with Crippen molar-refractivity contribution in [2.75, 3.05) is 13.1 Å². The Kier molecular flexibility index (Phi) is 5.68. The van der Waals surface area contributed by atoms with Crippen molar-refractivity contribution in [1.29, 1.82) is 0 Å². The van der Waals surface area contributed by atoms with Crippen molar-refractivity contribution in [2.24, 2.45) is 5.92 Å². The molecule has 1 aromatic heterocycles. The van der Waals surface area contributed by atoms with Gasteiger partial charge in [0.2, 0.25) is 5.91 Å². The van der Waals surface area contributed by atoms with Crippen LogP contribution in [0.2, 0.25) is 0 Å². The van der Waals surface area contributed by atoms with Crippen molar-refractivity contribution in [3.05, 3.63) is 54.1 Å². The van der Waals surface area contributed by atoms with Crippen molar-refractivity contribution >= 4 is 5.91 Å². The SMILES string of the molecule is CC(CC(=O)N1CCC(CCc2ncc[nH]2)CC1)c1ccccc1. The molecule has 128 valence electrons. The number of amides is 1. The highest BCUT2D eigenvalue weighted by Crippen LogP contribution is 2.25. The number of aromatic amines is 1. The summed E-state index contributed by atoms with van der Waals surface area (Å²) in [4.78, 5) is 22.1. The summed E-state index contributed by atoms with van der Waals surface area (Å²) in [6.07, 6.45) is 8.71. The normalized spacial score (nSPS) is 17.0. The summed E-state index contributed by atoms with van der Waals surface area (Å²) >= 11 is 0. The van der Waals surface area contributed by atoms with Crippen LogP contribution in [0, 0.1) is 5.92 Å². The molecule has 1 amide bonds. The number of imidazole rings is 1. The average molecular weight is 325 g/mol. The maximum absolute atomic E-state index is 12.5. The van der Waals surface area contributed by atoms with Crippen molar-refractivity contribution in [3.63, 3.8) is 0 Å². The molecule has 0 aliphatic carbocycles. The number of nitrogens with zero attached hydrogens (tertiary/aromatic N) is 2. The first kappa shape index (κ1) is 16.7. The van der Waals surface area contributed by atoms with E-state index in [1.807, 2.05) is 30.6 Å². The summed E-state index contributed by atoms with van der Waals surface area (Å²) in [7, 11) is 0. The maximum atomic E-state index is 12.5. The molecule has 1 N–H and O–H groups in total. The number of piperidine rings is 1. The van der Waals surface area contributed by atoms with E-state index in [4.69, 9.17) is 0 Å². The Balaban J connectivity index is 1.41. The lowest BCUT2D eigenvalue weighted by Crippen LogP contribution is -2.39. The number of aromatic nitrogens is 2. The standard InChI is InChI=1S/C20H27N3O/c1-16(18-5-3-2-4-6-18)15-20(24)23-13-9-17(10-14-23)7-8-19-21-11-12-22-19/h2-6,11-12,16-17H,7-10,13-15H2,1H3,(H,21,22). The van der Waals surface area contributed by atoms with Gasteiger partial charge in [0.25, 0.3) is 0 Å². The van der Waals surface area contributed by atoms with Crippen LogP contribution in [-0.2, 0) is 11.2 Å². The Morgan fingerprint density at radius 1 is 1.29 bits per heavy atom. The van der Waals surface area contributed by atoms with Crippen molar-refractivity contribution in [3.8, 4) is 0 Å². The van der Waals surface area contributed by atoms with E-state index in [2.05, 4.69) is 33.9 Å². The van der Waals surface area contributed by atoms with Crippen LogP contribution in [0.1, 0.15) is 49.9 Å². The molecule has 1 aliphatic rings. The molecule has 4 heteroatoms. The third-order valence-corrected chi connectivity index (χ3v) is 5.16. The summed E-state index contributed by atoms with van der Waals surface area (Å²) in [5.74, 6) is 2.38. The molecule has 2 heterocycles. The molecule has 1 unspecified atom stereocenters. The Morgan fingerprint density at radius 3 is 2.71 bits per heavy atom. The van der Waals surface area contributed by atoms with E-state index >= 15 is 0 Å². The second-order valence-electron chi connectivity index (χ2n) is 6.91. The molecule has 1 saturated heterocycles. The minimum Gasteiger partial charge on any atom is -0.349 e. The molecule has 24 heavy (non-hydrogen) atoms. The van der Waals surface area contributed by atoms with E-state index in [1.165, 1.54) is 5.56 Å². The molecule has 1 aromatic carbocycles. The first-order chi connectivity index (χ1) is 11.7. The second kappa shape index (κ2) is 8.13. The Labute approximate surface area is 144 Å². The van der Waals surface area contributed by atoms with Crippen molar-refractivity contribution in [2.45, 2.75) is 44.9 Å². The zero-order valence-corrected chi connectivity index (χ0v) is 14.4. The fourth-order valence-electron chi connectivity index (χ4n) is 3.54. The minimum atomic E-state index is 0.287. The van der Waals surface area contributed by atoms with Crippen molar-refractivity contribution in [1.82, 2.24) is 14.9 Å². The molecule has 3 rings (SSSR count). The third-order valence-electron chi connectivity index (χ3n) is 5.16. The van der Waals surface area contributed by atoms with E-state index < -0.39 is 0 Å². The number of hydrogen-bond acceptors (Lipinski definition) is 2. The van der Waals surface area contributed by atoms with E-state index in [1.54, 1.807) is 0 Å². The quantitative estimate of drug-likeness (QED) is 0.879. The highest BCUT2D eigenvalue weighted by Gasteiger charge is 2.24. The van der Waals surface area contributed by atoms with E-state index in [-0.39, 0.29) is 5.92 Å². The molecular weight excluding hydrogens is 298 g/mol. The number of benzene rings is 1. The van der Waals surface area contributed by atoms with Gasteiger partial charge in [0.15, 0.2) is 0 Å². The molecule has 1 atom stereocenters. The van der Waals surface area contributed by atoms with Gasteiger partial charge in [-0.15, -0.1) is 0 Å². The topological polar surface area (TPSA) is 49.0 Å². The first-order valence-electron chi connectivity index (χ1n) is 9.03. The average Bonchev–Trinajstić information content (AvgIpc) is 3.14. The van der Waals surface area contributed by atoms with Gasteiger partial charge in [0.05, 0.1) is 0 Å². The highest BCUT2D eigenvalue weighted by atomic mass is 16.2. The van der Waals surface area contributed by atoms with Crippen molar-refractivity contribution < 1.29 is 4.79 Å². The Morgan fingerprint density at radius 2 is 2.04 bits per heavy atom. The molecule has 0 saturated carbocycles. The maximum Gasteiger partial charge on any atom is 0.223 e. The highest BCUT2D eigenvalue weighted by molar-refractivity contribution is 5.77. The number of nitrogens with one attached hydrogen (secondary N) is 1. The zero-order chi connectivity index (χ0) is 16.8. The monoisotopic (exact) mass is 325 g/mol. The lowest BCUT2D eigenvalue weighted by Gasteiger charge is -2.32. The van der Waals surface area contributed by atoms with Gasteiger partial charge < -0.3 is 9.88 Å². The van der Waals surface area contributed by atoms with Crippen LogP contribution in [0.25, 0.3) is 0 Å². The van der Waals surface area contributed by atoms with Crippen LogP contribution in [0.4, 0.5) is 0 Å². The summed E-state index contributed by atoms with van der Waals surface area (Å²) in [5, 5.41) is 0. The van der Waals surface area contributed by atoms with Crippen LogP contribution in [0.15, 0.2) is 42.7 Å². The fourth-order valence-corrected chi connectivity index (χ4v) is 3.54. The van der Waals surface area contributed by atoms with Gasteiger partial charge in [-0.25, -0.2) is 4.98 Å². The third kappa shape index (κ3) is 4.47. The van der Waals surface area contributed by atoms with Gasteiger partial charge in [0, 0.05) is 38.3 Å². The molecule has 4 nitrogen and oxygen atoms in total. The first-order valence-corrected chi connectivity index (χ1v) is 9.03. The van der Waals surface area contributed by atoms with Crippen LogP contribution in [0.3, 0.4) is 0 Å². The summed E-state index contributed by atoms with van der Waals surface area (Å²) in [6, 6.07) is 10.3. The van der Waals surface area contributed by atoms with Gasteiger partial charge in [-0.1, -0.05) is 37.3 Å². The predicted molar refractivity (Wildman–Crippen MR) is 95.7 cm³/mol. The number of carbonyl (C=O) groups is 1. The summed E-state index contributed by atoms with van der Waals surface area (Å²) in [5.41, 5.74) is 1.25. The molecular formula is C20H27N3O. The summed E-state index contributed by atoms with van der Waals surface area (Å²) < 4.78 is 0. The number of rotatable bonds is 6. The molecule has 2 aromatic rings. The largest absolute Gasteiger partial charge is 0.349 e. The number of aryl methyl sites for hydroxylation is 1. The minimum absolute atomic E-state index is 0.287. The Bertz CT molecular complexity index is 616. The van der Waals surface area contributed by atoms with Gasteiger partial charge >= 0.3 is 0 Å². The molecule has 0 radical (unpaired) electrons. The van der Waals surface area contributed by atoms with E-state index in [9.17, 15) is 4.79 Å². The predicted octanol–water partition coefficient (Wildman–Crippen LogP) is 3.77. The van der Waals surface area contributed by atoms with Gasteiger partial charge in [-0.3, -0.25) is 4.79 Å². The second-order valence-corrected chi connectivity index (χ2v) is 6.91. The van der Waals surface area contributed by atoms with Gasteiger partial charge in [0.1, 0.15) is 5.82 Å². The van der Waals surface area contributed by atoms with Crippen LogP contribution in [0.5, 0.6) is 0 Å². The lowest BCUT2D eigenvalue weighted by molar-refractivity contribution is -0.132. The van der Waals surface area contributed by atoms with Gasteiger partial charge in [-0.2, -0.15) is 0 Å². The summed E-state index contributed by atoms with van der Waals surface area (Å²) in [6.45, 7) is 3.95.